The molecule has 0 unspecified atom stereocenters. The van der Waals surface area contributed by atoms with Gasteiger partial charge in [0.2, 0.25) is 0 Å². The molecule has 8 nitrogen and oxygen atoms in total. The molecule has 0 spiro atoms. The molecule has 0 radical (unpaired) electrons. The Bertz CT molecular complexity index is 1410. The highest BCUT2D eigenvalue weighted by Crippen LogP contribution is 2.22. The van der Waals surface area contributed by atoms with Gasteiger partial charge in [-0.1, -0.05) is 11.6 Å². The largest absolute Gasteiger partial charge is 0.317 e. The number of fused-ring (bicyclic) bond motifs is 1. The smallest absolute Gasteiger partial charge is 0.269 e. The zero-order valence-electron chi connectivity index (χ0n) is 15.2. The number of rotatable bonds is 4. The van der Waals surface area contributed by atoms with E-state index >= 15 is 0 Å². The molecular formula is C21H12ClN5O3. The van der Waals surface area contributed by atoms with Crippen LogP contribution in [-0.4, -0.2) is 19.5 Å². The van der Waals surface area contributed by atoms with Crippen molar-refractivity contribution in [2.45, 2.75) is 0 Å². The molecule has 0 amide bonds. The summed E-state index contributed by atoms with van der Waals surface area (Å²) in [4.78, 5) is 29.8. The molecule has 0 atom stereocenters. The Labute approximate surface area is 174 Å². The van der Waals surface area contributed by atoms with Crippen LogP contribution in [-0.2, 0) is 0 Å². The molecule has 0 saturated carbocycles. The number of nitrogens with zero attached hydrogens (tertiary/aromatic N) is 4. The predicted molar refractivity (Wildman–Crippen MR) is 113 cm³/mol. The van der Waals surface area contributed by atoms with Gasteiger partial charge in [0.15, 0.2) is 5.82 Å². The highest BCUT2D eigenvalue weighted by atomic mass is 35.5. The van der Waals surface area contributed by atoms with Crippen LogP contribution in [0.25, 0.3) is 28.2 Å². The molecule has 4 rings (SSSR count). The molecular weight excluding hydrogens is 406 g/mol. The monoisotopic (exact) mass is 417 g/mol. The number of halogens is 1. The van der Waals surface area contributed by atoms with E-state index in [0.717, 1.165) is 0 Å². The lowest BCUT2D eigenvalue weighted by molar-refractivity contribution is -0.384. The molecule has 30 heavy (non-hydrogen) atoms. The molecule has 2 heterocycles. The second-order valence-corrected chi connectivity index (χ2v) is 6.76. The number of nitrogens with one attached hydrogen (secondary N) is 1. The maximum absolute atomic E-state index is 12.4. The number of aromatic amines is 1. The van der Waals surface area contributed by atoms with Crippen LogP contribution >= 0.6 is 11.6 Å². The maximum atomic E-state index is 12.4. The van der Waals surface area contributed by atoms with Crippen molar-refractivity contribution >= 4 is 39.8 Å². The van der Waals surface area contributed by atoms with Crippen LogP contribution < -0.4 is 5.56 Å². The summed E-state index contributed by atoms with van der Waals surface area (Å²) in [6, 6.07) is 16.4. The topological polar surface area (TPSA) is 118 Å². The molecule has 0 aliphatic carbocycles. The van der Waals surface area contributed by atoms with Crippen molar-refractivity contribution in [1.29, 1.82) is 5.26 Å². The number of nitro groups is 1. The summed E-state index contributed by atoms with van der Waals surface area (Å²) in [7, 11) is 0. The summed E-state index contributed by atoms with van der Waals surface area (Å²) >= 11 is 5.93. The first-order valence-corrected chi connectivity index (χ1v) is 9.08. The third-order valence-corrected chi connectivity index (χ3v) is 4.69. The van der Waals surface area contributed by atoms with Gasteiger partial charge in [-0.15, -0.1) is 0 Å². The SMILES string of the molecule is N#C/C(=C/c1cccn1-c1ccc([N+](=O)[O-])cc1)c1nc2ccc(Cl)cc2c(=O)[nH]1. The van der Waals surface area contributed by atoms with E-state index in [4.69, 9.17) is 11.6 Å². The molecule has 0 aliphatic heterocycles. The molecule has 146 valence electrons. The van der Waals surface area contributed by atoms with E-state index < -0.39 is 10.5 Å². The zero-order chi connectivity index (χ0) is 21.3. The first-order chi connectivity index (χ1) is 14.5. The Balaban J connectivity index is 1.78. The maximum Gasteiger partial charge on any atom is 0.269 e. The van der Waals surface area contributed by atoms with Gasteiger partial charge in [-0.05, 0) is 48.5 Å². The number of benzene rings is 2. The van der Waals surface area contributed by atoms with E-state index in [1.54, 1.807) is 53.2 Å². The van der Waals surface area contributed by atoms with Gasteiger partial charge < -0.3 is 9.55 Å². The number of hydrogen-bond donors (Lipinski definition) is 1. The molecule has 0 saturated heterocycles. The molecule has 0 aliphatic rings. The lowest BCUT2D eigenvalue weighted by atomic mass is 10.2. The zero-order valence-corrected chi connectivity index (χ0v) is 16.0. The third-order valence-electron chi connectivity index (χ3n) is 4.45. The van der Waals surface area contributed by atoms with Crippen LogP contribution in [0.4, 0.5) is 5.69 Å². The number of nitro benzene ring substituents is 1. The fourth-order valence-electron chi connectivity index (χ4n) is 3.02. The number of nitriles is 1. The number of non-ortho nitro benzene ring substituents is 1. The fourth-order valence-corrected chi connectivity index (χ4v) is 3.19. The molecule has 1 N–H and O–H groups in total. The summed E-state index contributed by atoms with van der Waals surface area (Å²) in [5.41, 5.74) is 1.49. The van der Waals surface area contributed by atoms with E-state index in [0.29, 0.717) is 27.3 Å². The normalized spacial score (nSPS) is 11.4. The van der Waals surface area contributed by atoms with Gasteiger partial charge in [0.1, 0.15) is 6.07 Å². The summed E-state index contributed by atoms with van der Waals surface area (Å²) in [5.74, 6) is 0.133. The van der Waals surface area contributed by atoms with Crippen molar-refractivity contribution < 1.29 is 4.92 Å². The summed E-state index contributed by atoms with van der Waals surface area (Å²) < 4.78 is 1.76. The molecule has 0 bridgehead atoms. The van der Waals surface area contributed by atoms with Gasteiger partial charge in [0.05, 0.1) is 21.4 Å². The molecule has 2 aromatic carbocycles. The van der Waals surface area contributed by atoms with E-state index in [1.807, 2.05) is 0 Å². The van der Waals surface area contributed by atoms with Crippen molar-refractivity contribution in [2.75, 3.05) is 0 Å². The Morgan fingerprint density at radius 3 is 2.70 bits per heavy atom. The second kappa shape index (κ2) is 7.66. The van der Waals surface area contributed by atoms with Gasteiger partial charge in [-0.3, -0.25) is 14.9 Å². The Hall–Kier alpha value is -4.22. The molecule has 9 heteroatoms. The van der Waals surface area contributed by atoms with Crippen molar-refractivity contribution in [1.82, 2.24) is 14.5 Å². The average Bonchev–Trinajstić information content (AvgIpc) is 3.20. The summed E-state index contributed by atoms with van der Waals surface area (Å²) in [6.45, 7) is 0. The van der Waals surface area contributed by atoms with Crippen LogP contribution in [0.2, 0.25) is 5.02 Å². The first-order valence-electron chi connectivity index (χ1n) is 8.70. The average molecular weight is 418 g/mol. The summed E-state index contributed by atoms with van der Waals surface area (Å²) in [5, 5.41) is 21.3. The van der Waals surface area contributed by atoms with Crippen LogP contribution in [0, 0.1) is 21.4 Å². The first kappa shape index (κ1) is 19.1. The van der Waals surface area contributed by atoms with Crippen LogP contribution in [0.3, 0.4) is 0 Å². The highest BCUT2D eigenvalue weighted by Gasteiger charge is 2.11. The number of aromatic nitrogens is 3. The van der Waals surface area contributed by atoms with E-state index in [9.17, 15) is 20.2 Å². The third kappa shape index (κ3) is 3.57. The lowest BCUT2D eigenvalue weighted by Crippen LogP contribution is -2.11. The van der Waals surface area contributed by atoms with Crippen molar-refractivity contribution in [3.8, 4) is 11.8 Å². The van der Waals surface area contributed by atoms with Gasteiger partial charge in [-0.2, -0.15) is 5.26 Å². The second-order valence-electron chi connectivity index (χ2n) is 6.32. The molecule has 2 aromatic heterocycles. The van der Waals surface area contributed by atoms with E-state index in [2.05, 4.69) is 16.0 Å². The van der Waals surface area contributed by atoms with Crippen LogP contribution in [0.5, 0.6) is 0 Å². The van der Waals surface area contributed by atoms with Crippen molar-refractivity contribution in [3.05, 3.63) is 97.8 Å². The summed E-state index contributed by atoms with van der Waals surface area (Å²) in [6.07, 6.45) is 3.35. The molecule has 0 fully saturated rings. The predicted octanol–water partition coefficient (Wildman–Crippen LogP) is 4.34. The van der Waals surface area contributed by atoms with Crippen molar-refractivity contribution in [2.24, 2.45) is 0 Å². The van der Waals surface area contributed by atoms with Gasteiger partial charge in [-0.25, -0.2) is 4.98 Å². The Morgan fingerprint density at radius 1 is 1.23 bits per heavy atom. The Kier molecular flexibility index (Phi) is 4.88. The number of allylic oxidation sites excluding steroid dienone is 1. The van der Waals surface area contributed by atoms with Crippen molar-refractivity contribution in [3.63, 3.8) is 0 Å². The molecule has 4 aromatic rings. The van der Waals surface area contributed by atoms with Gasteiger partial charge in [0.25, 0.3) is 11.2 Å². The lowest BCUT2D eigenvalue weighted by Gasteiger charge is -2.07. The van der Waals surface area contributed by atoms with Crippen LogP contribution in [0.1, 0.15) is 11.5 Å². The van der Waals surface area contributed by atoms with Gasteiger partial charge in [0, 0.05) is 34.7 Å². The number of H-pyrrole nitrogens is 1. The fraction of sp³-hybridized carbons (Fsp3) is 0. The minimum absolute atomic E-state index is 0.0150. The van der Waals surface area contributed by atoms with Crippen LogP contribution in [0.15, 0.2) is 65.6 Å². The Morgan fingerprint density at radius 2 is 2.00 bits per heavy atom. The number of hydrogen-bond acceptors (Lipinski definition) is 5. The minimum atomic E-state index is -0.469. The quantitative estimate of drug-likeness (QED) is 0.301. The standard InChI is InChI=1S/C21H12ClN5O3/c22-14-3-8-19-18(11-14)21(28)25-20(24-19)13(12-23)10-17-2-1-9-26(17)15-4-6-16(7-5-15)27(29)30/h1-11H,(H,24,25,28)/b13-10-. The van der Waals surface area contributed by atoms with E-state index in [-0.39, 0.29) is 17.1 Å². The highest BCUT2D eigenvalue weighted by molar-refractivity contribution is 6.31. The van der Waals surface area contributed by atoms with Gasteiger partial charge >= 0.3 is 0 Å². The minimum Gasteiger partial charge on any atom is -0.317 e. The van der Waals surface area contributed by atoms with E-state index in [1.165, 1.54) is 18.2 Å².